The number of aliphatic hydroxyl groups excluding tert-OH is 1. The molecule has 0 heterocycles. The van der Waals surface area contributed by atoms with Crippen LogP contribution in [0.25, 0.3) is 0 Å². The number of anilines is 1. The number of rotatable bonds is 9. The van der Waals surface area contributed by atoms with Crippen molar-refractivity contribution in [2.24, 2.45) is 0 Å². The van der Waals surface area contributed by atoms with Crippen molar-refractivity contribution in [3.8, 4) is 0 Å². The standard InChI is InChI=1S/C17H27ClN2O/c1-3-15(4-2)20(10-11-21)17-13(6-5-7-16(17)18)12-19-14-8-9-14/h5-7,14-15,19,21H,3-4,8-12H2,1-2H3. The zero-order chi connectivity index (χ0) is 15.2. The van der Waals surface area contributed by atoms with Gasteiger partial charge < -0.3 is 15.3 Å². The van der Waals surface area contributed by atoms with Gasteiger partial charge in [0.2, 0.25) is 0 Å². The average Bonchev–Trinajstić information content (AvgIpc) is 3.30. The van der Waals surface area contributed by atoms with E-state index in [2.05, 4.69) is 30.1 Å². The SMILES string of the molecule is CCC(CC)N(CCO)c1c(Cl)cccc1CNC1CC1. The predicted octanol–water partition coefficient (Wildman–Crippen LogP) is 3.58. The molecule has 0 bridgehead atoms. The number of aliphatic hydroxyl groups is 1. The molecule has 1 fully saturated rings. The van der Waals surface area contributed by atoms with Crippen LogP contribution in [0.15, 0.2) is 18.2 Å². The van der Waals surface area contributed by atoms with Crippen molar-refractivity contribution >= 4 is 17.3 Å². The first-order chi connectivity index (χ1) is 10.2. The number of halogens is 1. The van der Waals surface area contributed by atoms with E-state index in [9.17, 15) is 5.11 Å². The fraction of sp³-hybridized carbons (Fsp3) is 0.647. The zero-order valence-corrected chi connectivity index (χ0v) is 13.9. The summed E-state index contributed by atoms with van der Waals surface area (Å²) in [5, 5.41) is 13.8. The summed E-state index contributed by atoms with van der Waals surface area (Å²) in [7, 11) is 0. The molecule has 2 rings (SSSR count). The smallest absolute Gasteiger partial charge is 0.0643 e. The molecule has 2 N–H and O–H groups in total. The van der Waals surface area contributed by atoms with Gasteiger partial charge in [0.1, 0.15) is 0 Å². The Hall–Kier alpha value is -0.770. The molecule has 3 nitrogen and oxygen atoms in total. The van der Waals surface area contributed by atoms with E-state index in [0.717, 1.165) is 30.1 Å². The highest BCUT2D eigenvalue weighted by molar-refractivity contribution is 6.33. The summed E-state index contributed by atoms with van der Waals surface area (Å²) in [5.74, 6) is 0. The maximum atomic E-state index is 9.45. The molecule has 0 radical (unpaired) electrons. The molecular weight excluding hydrogens is 284 g/mol. The minimum absolute atomic E-state index is 0.150. The molecule has 1 saturated carbocycles. The summed E-state index contributed by atoms with van der Waals surface area (Å²) in [6, 6.07) is 7.20. The monoisotopic (exact) mass is 310 g/mol. The van der Waals surface area contributed by atoms with Crippen LogP contribution in [-0.4, -0.2) is 30.3 Å². The molecule has 1 aliphatic rings. The molecule has 0 amide bonds. The van der Waals surface area contributed by atoms with Gasteiger partial charge in [-0.3, -0.25) is 0 Å². The number of nitrogens with one attached hydrogen (secondary N) is 1. The Morgan fingerprint density at radius 3 is 2.62 bits per heavy atom. The van der Waals surface area contributed by atoms with E-state index >= 15 is 0 Å². The van der Waals surface area contributed by atoms with E-state index in [-0.39, 0.29) is 6.61 Å². The lowest BCUT2D eigenvalue weighted by molar-refractivity contribution is 0.296. The van der Waals surface area contributed by atoms with Crippen LogP contribution in [0.3, 0.4) is 0 Å². The van der Waals surface area contributed by atoms with E-state index in [4.69, 9.17) is 11.6 Å². The molecular formula is C17H27ClN2O. The number of nitrogens with zero attached hydrogens (tertiary/aromatic N) is 1. The first-order valence-electron chi connectivity index (χ1n) is 8.09. The normalized spacial score (nSPS) is 14.7. The predicted molar refractivity (Wildman–Crippen MR) is 90.1 cm³/mol. The minimum atomic E-state index is 0.150. The van der Waals surface area contributed by atoms with E-state index in [1.54, 1.807) is 0 Å². The molecule has 1 aliphatic carbocycles. The molecule has 0 unspecified atom stereocenters. The first-order valence-corrected chi connectivity index (χ1v) is 8.47. The minimum Gasteiger partial charge on any atom is -0.395 e. The number of hydrogen-bond donors (Lipinski definition) is 2. The third-order valence-corrected chi connectivity index (χ3v) is 4.55. The second-order valence-electron chi connectivity index (χ2n) is 5.79. The van der Waals surface area contributed by atoms with E-state index in [1.807, 2.05) is 12.1 Å². The summed E-state index contributed by atoms with van der Waals surface area (Å²) < 4.78 is 0. The van der Waals surface area contributed by atoms with Gasteiger partial charge in [-0.1, -0.05) is 37.6 Å². The highest BCUT2D eigenvalue weighted by Crippen LogP contribution is 2.33. The first kappa shape index (κ1) is 16.6. The van der Waals surface area contributed by atoms with Gasteiger partial charge in [0, 0.05) is 25.2 Å². The second kappa shape index (κ2) is 8.02. The van der Waals surface area contributed by atoms with E-state index < -0.39 is 0 Å². The molecule has 21 heavy (non-hydrogen) atoms. The molecule has 0 aromatic heterocycles. The molecule has 0 atom stereocenters. The molecule has 1 aromatic carbocycles. The number of hydrogen-bond acceptors (Lipinski definition) is 3. The van der Waals surface area contributed by atoms with Crippen LogP contribution >= 0.6 is 11.6 Å². The highest BCUT2D eigenvalue weighted by atomic mass is 35.5. The Morgan fingerprint density at radius 2 is 2.05 bits per heavy atom. The highest BCUT2D eigenvalue weighted by Gasteiger charge is 2.23. The zero-order valence-electron chi connectivity index (χ0n) is 13.1. The van der Waals surface area contributed by atoms with Gasteiger partial charge in [-0.2, -0.15) is 0 Å². The van der Waals surface area contributed by atoms with Crippen LogP contribution < -0.4 is 10.2 Å². The average molecular weight is 311 g/mol. The molecule has 118 valence electrons. The van der Waals surface area contributed by atoms with Crippen molar-refractivity contribution in [2.75, 3.05) is 18.1 Å². The van der Waals surface area contributed by atoms with Crippen molar-refractivity contribution in [1.29, 1.82) is 0 Å². The summed E-state index contributed by atoms with van der Waals surface area (Å²) in [4.78, 5) is 2.28. The van der Waals surface area contributed by atoms with Crippen LogP contribution in [0.1, 0.15) is 45.1 Å². The topological polar surface area (TPSA) is 35.5 Å². The van der Waals surface area contributed by atoms with Crippen molar-refractivity contribution in [2.45, 2.75) is 58.2 Å². The summed E-state index contributed by atoms with van der Waals surface area (Å²) >= 11 is 6.50. The second-order valence-corrected chi connectivity index (χ2v) is 6.20. The van der Waals surface area contributed by atoms with Gasteiger partial charge in [0.15, 0.2) is 0 Å². The third-order valence-electron chi connectivity index (χ3n) is 4.24. The van der Waals surface area contributed by atoms with Gasteiger partial charge in [-0.05, 0) is 37.3 Å². The quantitative estimate of drug-likeness (QED) is 0.732. The van der Waals surface area contributed by atoms with Gasteiger partial charge in [0.05, 0.1) is 17.3 Å². The Balaban J connectivity index is 2.27. The maximum absolute atomic E-state index is 9.45. The molecule has 0 saturated heterocycles. The Kier molecular flexibility index (Phi) is 6.34. The Labute approximate surface area is 133 Å². The molecule has 0 aliphatic heterocycles. The molecule has 4 heteroatoms. The van der Waals surface area contributed by atoms with Crippen molar-refractivity contribution < 1.29 is 5.11 Å². The fourth-order valence-corrected chi connectivity index (χ4v) is 3.18. The lowest BCUT2D eigenvalue weighted by Crippen LogP contribution is -2.38. The van der Waals surface area contributed by atoms with Crippen LogP contribution in [0.5, 0.6) is 0 Å². The van der Waals surface area contributed by atoms with Gasteiger partial charge in [-0.25, -0.2) is 0 Å². The molecule has 0 spiro atoms. The third kappa shape index (κ3) is 4.35. The van der Waals surface area contributed by atoms with Crippen LogP contribution in [0, 0.1) is 0 Å². The van der Waals surface area contributed by atoms with Gasteiger partial charge in [0.25, 0.3) is 0 Å². The fourth-order valence-electron chi connectivity index (χ4n) is 2.88. The lowest BCUT2D eigenvalue weighted by atomic mass is 10.1. The Bertz CT molecular complexity index is 444. The largest absolute Gasteiger partial charge is 0.395 e. The van der Waals surface area contributed by atoms with Crippen LogP contribution in [0.4, 0.5) is 5.69 Å². The lowest BCUT2D eigenvalue weighted by Gasteiger charge is -2.34. The summed E-state index contributed by atoms with van der Waals surface area (Å²) in [6.45, 7) is 6.02. The van der Waals surface area contributed by atoms with E-state index in [1.165, 1.54) is 18.4 Å². The summed E-state index contributed by atoms with van der Waals surface area (Å²) in [5.41, 5.74) is 2.32. The van der Waals surface area contributed by atoms with Crippen LogP contribution in [-0.2, 0) is 6.54 Å². The number of benzene rings is 1. The summed E-state index contributed by atoms with van der Waals surface area (Å²) in [6.07, 6.45) is 4.67. The van der Waals surface area contributed by atoms with Crippen molar-refractivity contribution in [3.05, 3.63) is 28.8 Å². The van der Waals surface area contributed by atoms with Crippen molar-refractivity contribution in [1.82, 2.24) is 5.32 Å². The Morgan fingerprint density at radius 1 is 1.33 bits per heavy atom. The van der Waals surface area contributed by atoms with Crippen molar-refractivity contribution in [3.63, 3.8) is 0 Å². The number of para-hydroxylation sites is 1. The van der Waals surface area contributed by atoms with Crippen LogP contribution in [0.2, 0.25) is 5.02 Å². The van der Waals surface area contributed by atoms with Gasteiger partial charge in [-0.15, -0.1) is 0 Å². The van der Waals surface area contributed by atoms with E-state index in [0.29, 0.717) is 18.6 Å². The van der Waals surface area contributed by atoms with Gasteiger partial charge >= 0.3 is 0 Å². The maximum Gasteiger partial charge on any atom is 0.0643 e. The molecule has 1 aromatic rings.